The topological polar surface area (TPSA) is 6.48 Å². The lowest BCUT2D eigenvalue weighted by molar-refractivity contribution is 0.220. The van der Waals surface area contributed by atoms with Crippen LogP contribution in [0.4, 0.5) is 0 Å². The van der Waals surface area contributed by atoms with E-state index in [2.05, 4.69) is 16.8 Å². The number of piperazine rings is 1. The Morgan fingerprint density at radius 2 is 1.82 bits per heavy atom. The molecule has 0 N–H and O–H groups in total. The van der Waals surface area contributed by atoms with Crippen molar-refractivity contribution in [3.05, 3.63) is 0 Å². The molecule has 0 bridgehead atoms. The first-order valence-electron chi connectivity index (χ1n) is 3.75. The van der Waals surface area contributed by atoms with Crippen LogP contribution in [0.25, 0.3) is 0 Å². The summed E-state index contributed by atoms with van der Waals surface area (Å²) < 4.78 is 1.04. The van der Waals surface area contributed by atoms with Gasteiger partial charge >= 0.3 is 0 Å². The molecule has 4 heteroatoms. The second-order valence-electron chi connectivity index (χ2n) is 2.76. The average Bonchev–Trinajstić information content (AvgIpc) is 2.05. The first-order chi connectivity index (χ1) is 5.24. The number of nitrogens with zero attached hydrogens (tertiary/aromatic N) is 2. The Labute approximate surface area is 77.9 Å². The summed E-state index contributed by atoms with van der Waals surface area (Å²) >= 11 is 6.86. The van der Waals surface area contributed by atoms with Crippen molar-refractivity contribution in [2.75, 3.05) is 39.5 Å². The van der Waals surface area contributed by atoms with Crippen LogP contribution >= 0.6 is 24.0 Å². The fourth-order valence-corrected chi connectivity index (χ4v) is 1.74. The predicted molar refractivity (Wildman–Crippen MR) is 55.2 cm³/mol. The van der Waals surface area contributed by atoms with E-state index in [1.807, 2.05) is 6.26 Å². The van der Waals surface area contributed by atoms with Crippen LogP contribution in [0.15, 0.2) is 0 Å². The predicted octanol–water partition coefficient (Wildman–Crippen LogP) is 0.882. The molecule has 0 radical (unpaired) electrons. The third kappa shape index (κ3) is 2.61. The number of hydrogen-bond donors (Lipinski definition) is 0. The third-order valence-corrected chi connectivity index (χ3v) is 3.30. The van der Waals surface area contributed by atoms with Gasteiger partial charge in [0.2, 0.25) is 0 Å². The Kier molecular flexibility index (Phi) is 3.62. The summed E-state index contributed by atoms with van der Waals surface area (Å²) in [6.07, 6.45) is 2.04. The van der Waals surface area contributed by atoms with Crippen molar-refractivity contribution < 1.29 is 0 Å². The third-order valence-electron chi connectivity index (χ3n) is 1.94. The zero-order chi connectivity index (χ0) is 8.27. The maximum absolute atomic E-state index is 5.18. The molecule has 1 fully saturated rings. The van der Waals surface area contributed by atoms with Gasteiger partial charge in [0, 0.05) is 26.2 Å². The molecule has 1 aliphatic rings. The smallest absolute Gasteiger partial charge is 0.136 e. The monoisotopic (exact) mass is 190 g/mol. The van der Waals surface area contributed by atoms with E-state index in [1.54, 1.807) is 11.8 Å². The number of hydrogen-bond acceptors (Lipinski definition) is 3. The fraction of sp³-hybridized carbons (Fsp3) is 0.857. The Hall–Kier alpha value is 0.200. The quantitative estimate of drug-likeness (QED) is 0.523. The molecule has 11 heavy (non-hydrogen) atoms. The lowest BCUT2D eigenvalue weighted by Crippen LogP contribution is -2.45. The molecule has 0 aromatic rings. The Bertz CT molecular complexity index is 141. The summed E-state index contributed by atoms with van der Waals surface area (Å²) in [5.74, 6) is 0. The van der Waals surface area contributed by atoms with Crippen molar-refractivity contribution in [2.24, 2.45) is 0 Å². The Morgan fingerprint density at radius 1 is 1.27 bits per heavy atom. The van der Waals surface area contributed by atoms with E-state index in [4.69, 9.17) is 12.2 Å². The van der Waals surface area contributed by atoms with Crippen molar-refractivity contribution in [1.82, 2.24) is 9.80 Å². The van der Waals surface area contributed by atoms with Crippen LogP contribution in [0, 0.1) is 0 Å². The van der Waals surface area contributed by atoms with Gasteiger partial charge in [-0.1, -0.05) is 12.2 Å². The van der Waals surface area contributed by atoms with Crippen molar-refractivity contribution in [2.45, 2.75) is 0 Å². The van der Waals surface area contributed by atoms with E-state index in [0.717, 1.165) is 30.5 Å². The molecule has 1 heterocycles. The zero-order valence-electron chi connectivity index (χ0n) is 7.04. The lowest BCUT2D eigenvalue weighted by Gasteiger charge is -2.33. The molecule has 2 nitrogen and oxygen atoms in total. The zero-order valence-corrected chi connectivity index (χ0v) is 8.67. The van der Waals surface area contributed by atoms with Gasteiger partial charge in [0.15, 0.2) is 0 Å². The van der Waals surface area contributed by atoms with Gasteiger partial charge in [-0.2, -0.15) is 0 Å². The van der Waals surface area contributed by atoms with Gasteiger partial charge in [-0.15, -0.1) is 11.8 Å². The normalized spacial score (nSPS) is 20.4. The van der Waals surface area contributed by atoms with Gasteiger partial charge < -0.3 is 9.80 Å². The minimum atomic E-state index is 1.04. The highest BCUT2D eigenvalue weighted by Gasteiger charge is 2.14. The van der Waals surface area contributed by atoms with Crippen molar-refractivity contribution in [3.8, 4) is 0 Å². The molecule has 0 spiro atoms. The number of likely N-dealkylation sites (N-methyl/N-ethyl adjacent to an activating group) is 1. The van der Waals surface area contributed by atoms with Gasteiger partial charge in [-0.3, -0.25) is 0 Å². The van der Waals surface area contributed by atoms with Crippen LogP contribution in [0.1, 0.15) is 0 Å². The minimum absolute atomic E-state index is 1.04. The molecule has 1 aliphatic heterocycles. The molecular formula is C7H14N2S2. The Morgan fingerprint density at radius 3 is 2.27 bits per heavy atom. The number of thioether (sulfide) groups is 1. The Balaban J connectivity index is 2.33. The summed E-state index contributed by atoms with van der Waals surface area (Å²) in [4.78, 5) is 4.61. The highest BCUT2D eigenvalue weighted by Crippen LogP contribution is 2.08. The maximum Gasteiger partial charge on any atom is 0.136 e. The largest absolute Gasteiger partial charge is 0.355 e. The molecule has 0 aliphatic carbocycles. The molecule has 0 aromatic heterocycles. The van der Waals surface area contributed by atoms with Gasteiger partial charge in [0.05, 0.1) is 0 Å². The fourth-order valence-electron chi connectivity index (χ4n) is 1.12. The molecule has 0 unspecified atom stereocenters. The van der Waals surface area contributed by atoms with E-state index in [-0.39, 0.29) is 0 Å². The summed E-state index contributed by atoms with van der Waals surface area (Å²) in [5.41, 5.74) is 0. The SMILES string of the molecule is CSC(=S)N1CCN(C)CC1. The van der Waals surface area contributed by atoms with Gasteiger partial charge in [-0.05, 0) is 13.3 Å². The standard InChI is InChI=1S/C7H14N2S2/c1-8-3-5-9(6-4-8)7(10)11-2/h3-6H2,1-2H3. The molecule has 1 saturated heterocycles. The van der Waals surface area contributed by atoms with Crippen molar-refractivity contribution >= 4 is 28.3 Å². The summed E-state index contributed by atoms with van der Waals surface area (Å²) in [5, 5.41) is 0. The second kappa shape index (κ2) is 4.28. The number of rotatable bonds is 0. The summed E-state index contributed by atoms with van der Waals surface area (Å²) in [6.45, 7) is 4.47. The van der Waals surface area contributed by atoms with Gasteiger partial charge in [-0.25, -0.2) is 0 Å². The highest BCUT2D eigenvalue weighted by atomic mass is 32.2. The maximum atomic E-state index is 5.18. The molecule has 0 amide bonds. The molecule has 0 atom stereocenters. The van der Waals surface area contributed by atoms with E-state index in [1.165, 1.54) is 0 Å². The molecule has 64 valence electrons. The van der Waals surface area contributed by atoms with Gasteiger partial charge in [0.25, 0.3) is 0 Å². The second-order valence-corrected chi connectivity index (χ2v) is 4.20. The van der Waals surface area contributed by atoms with Crippen LogP contribution in [0.3, 0.4) is 0 Å². The molecule has 1 rings (SSSR count). The van der Waals surface area contributed by atoms with Gasteiger partial charge in [0.1, 0.15) is 4.32 Å². The molecule has 0 saturated carbocycles. The van der Waals surface area contributed by atoms with E-state index in [0.29, 0.717) is 0 Å². The number of thiocarbonyl (C=S) groups is 1. The molecule has 0 aromatic carbocycles. The highest BCUT2D eigenvalue weighted by molar-refractivity contribution is 8.22. The van der Waals surface area contributed by atoms with Crippen LogP contribution in [-0.2, 0) is 0 Å². The van der Waals surface area contributed by atoms with Crippen LogP contribution < -0.4 is 0 Å². The first-order valence-corrected chi connectivity index (χ1v) is 5.39. The van der Waals surface area contributed by atoms with Crippen LogP contribution in [-0.4, -0.2) is 53.6 Å². The van der Waals surface area contributed by atoms with Crippen molar-refractivity contribution in [3.63, 3.8) is 0 Å². The first kappa shape index (κ1) is 9.29. The van der Waals surface area contributed by atoms with Crippen LogP contribution in [0.5, 0.6) is 0 Å². The van der Waals surface area contributed by atoms with E-state index in [9.17, 15) is 0 Å². The van der Waals surface area contributed by atoms with E-state index >= 15 is 0 Å². The summed E-state index contributed by atoms with van der Waals surface area (Å²) in [7, 11) is 2.15. The average molecular weight is 190 g/mol. The minimum Gasteiger partial charge on any atom is -0.355 e. The van der Waals surface area contributed by atoms with Crippen molar-refractivity contribution in [1.29, 1.82) is 0 Å². The molecular weight excluding hydrogens is 176 g/mol. The van der Waals surface area contributed by atoms with E-state index < -0.39 is 0 Å². The lowest BCUT2D eigenvalue weighted by atomic mass is 10.4. The van der Waals surface area contributed by atoms with Crippen LogP contribution in [0.2, 0.25) is 0 Å². The summed E-state index contributed by atoms with van der Waals surface area (Å²) in [6, 6.07) is 0.